The van der Waals surface area contributed by atoms with Gasteiger partial charge in [-0.2, -0.15) is 13.2 Å². The highest BCUT2D eigenvalue weighted by atomic mass is 19.4. The van der Waals surface area contributed by atoms with Crippen LogP contribution in [-0.4, -0.2) is 29.6 Å². The van der Waals surface area contributed by atoms with Crippen LogP contribution in [0.1, 0.15) is 52.4 Å². The zero-order valence-corrected chi connectivity index (χ0v) is 19.8. The number of amides is 1. The summed E-state index contributed by atoms with van der Waals surface area (Å²) in [5, 5.41) is 0. The third-order valence-electron chi connectivity index (χ3n) is 7.93. The molecule has 1 aliphatic carbocycles. The van der Waals surface area contributed by atoms with Gasteiger partial charge in [0.15, 0.2) is 0 Å². The van der Waals surface area contributed by atoms with E-state index in [1.165, 1.54) is 24.3 Å². The number of nitrogens with zero attached hydrogens (tertiary/aromatic N) is 1. The summed E-state index contributed by atoms with van der Waals surface area (Å²) >= 11 is 0. The van der Waals surface area contributed by atoms with Gasteiger partial charge in [-0.05, 0) is 79.1 Å². The van der Waals surface area contributed by atoms with Crippen LogP contribution in [0.2, 0.25) is 0 Å². The van der Waals surface area contributed by atoms with E-state index in [1.54, 1.807) is 42.5 Å². The monoisotopic (exact) mass is 499 g/mol. The van der Waals surface area contributed by atoms with E-state index in [0.29, 0.717) is 50.3 Å². The molecule has 0 spiro atoms. The van der Waals surface area contributed by atoms with E-state index in [9.17, 15) is 26.7 Å². The molecule has 0 aromatic heterocycles. The average Bonchev–Trinajstić information content (AvgIpc) is 3.24. The molecule has 3 aromatic rings. The van der Waals surface area contributed by atoms with Crippen LogP contribution in [-0.2, 0) is 23.9 Å². The molecule has 1 unspecified atom stereocenters. The summed E-state index contributed by atoms with van der Waals surface area (Å²) in [6.45, 7) is 1.04. The maximum absolute atomic E-state index is 14.8. The van der Waals surface area contributed by atoms with Crippen LogP contribution in [0.5, 0.6) is 0 Å². The Morgan fingerprint density at radius 1 is 1.00 bits per heavy atom. The summed E-state index contributed by atoms with van der Waals surface area (Å²) in [5.74, 6) is -0.446. The lowest BCUT2D eigenvalue weighted by Crippen LogP contribution is -2.49. The van der Waals surface area contributed by atoms with Crippen LogP contribution < -0.4 is 0 Å². The third kappa shape index (κ3) is 3.98. The molecule has 2 nitrogen and oxygen atoms in total. The van der Waals surface area contributed by atoms with Crippen molar-refractivity contribution >= 4 is 5.91 Å². The Balaban J connectivity index is 1.58. The fourth-order valence-corrected chi connectivity index (χ4v) is 5.98. The fourth-order valence-electron chi connectivity index (χ4n) is 5.98. The molecule has 1 aliphatic heterocycles. The number of rotatable bonds is 4. The van der Waals surface area contributed by atoms with Crippen molar-refractivity contribution in [1.82, 2.24) is 4.90 Å². The first-order valence-corrected chi connectivity index (χ1v) is 12.0. The van der Waals surface area contributed by atoms with Gasteiger partial charge in [0.2, 0.25) is 5.67 Å². The molecule has 3 aromatic carbocycles. The molecule has 0 saturated carbocycles. The Morgan fingerprint density at radius 3 is 2.36 bits per heavy atom. The molecule has 36 heavy (non-hydrogen) atoms. The van der Waals surface area contributed by atoms with Gasteiger partial charge >= 0.3 is 6.18 Å². The molecule has 0 radical (unpaired) electrons. The zero-order chi connectivity index (χ0) is 25.7. The summed E-state index contributed by atoms with van der Waals surface area (Å²) in [4.78, 5) is 15.3. The minimum absolute atomic E-state index is 0.0879. The first-order valence-electron chi connectivity index (χ1n) is 12.0. The number of carbonyl (C=O) groups is 1. The maximum atomic E-state index is 14.8. The number of hydrogen-bond acceptors (Lipinski definition) is 1. The number of halogens is 5. The highest BCUT2D eigenvalue weighted by molar-refractivity contribution is 5.94. The van der Waals surface area contributed by atoms with Gasteiger partial charge in [-0.15, -0.1) is 0 Å². The molecule has 1 amide bonds. The lowest BCUT2D eigenvalue weighted by molar-refractivity contribution is -0.228. The quantitative estimate of drug-likeness (QED) is 0.357. The van der Waals surface area contributed by atoms with E-state index >= 15 is 0 Å². The first kappa shape index (κ1) is 24.5. The second kappa shape index (κ2) is 8.71. The lowest BCUT2D eigenvalue weighted by Gasteiger charge is -2.44. The molecule has 2 aliphatic rings. The van der Waals surface area contributed by atoms with Crippen molar-refractivity contribution in [3.8, 4) is 0 Å². The number of hydrogen-bond donors (Lipinski definition) is 0. The molecular formula is C29H26F5NO. The molecule has 188 valence electrons. The number of alkyl halides is 4. The van der Waals surface area contributed by atoms with Gasteiger partial charge in [0.25, 0.3) is 5.91 Å². The van der Waals surface area contributed by atoms with Crippen LogP contribution in [0.25, 0.3) is 0 Å². The summed E-state index contributed by atoms with van der Waals surface area (Å²) in [5.41, 5.74) is -1.49. The molecular weight excluding hydrogens is 473 g/mol. The smallest absolute Gasteiger partial charge is 0.335 e. The molecule has 0 bridgehead atoms. The van der Waals surface area contributed by atoms with Crippen LogP contribution in [0, 0.1) is 5.82 Å². The molecule has 1 heterocycles. The van der Waals surface area contributed by atoms with E-state index in [-0.39, 0.29) is 17.8 Å². The normalized spacial score (nSPS) is 23.1. The Labute approximate surface area is 206 Å². The van der Waals surface area contributed by atoms with Gasteiger partial charge in [0.1, 0.15) is 5.82 Å². The third-order valence-corrected chi connectivity index (χ3v) is 7.93. The summed E-state index contributed by atoms with van der Waals surface area (Å²) in [6, 6.07) is 19.2. The van der Waals surface area contributed by atoms with Gasteiger partial charge in [-0.1, -0.05) is 48.5 Å². The van der Waals surface area contributed by atoms with Gasteiger partial charge in [0, 0.05) is 23.6 Å². The van der Waals surface area contributed by atoms with E-state index in [4.69, 9.17) is 0 Å². The van der Waals surface area contributed by atoms with Crippen molar-refractivity contribution in [1.29, 1.82) is 0 Å². The average molecular weight is 500 g/mol. The zero-order valence-electron chi connectivity index (χ0n) is 19.8. The van der Waals surface area contributed by atoms with Gasteiger partial charge in [0.05, 0.1) is 0 Å². The Bertz CT molecular complexity index is 1270. The fraction of sp³-hybridized carbons (Fsp3) is 0.345. The number of benzene rings is 3. The number of fused-ring (bicyclic) bond motifs is 3. The van der Waals surface area contributed by atoms with Crippen molar-refractivity contribution in [2.24, 2.45) is 0 Å². The van der Waals surface area contributed by atoms with Gasteiger partial charge < -0.3 is 4.90 Å². The number of aryl methyl sites for hydroxylation is 1. The molecule has 3 atom stereocenters. The van der Waals surface area contributed by atoms with E-state index in [2.05, 4.69) is 0 Å². The topological polar surface area (TPSA) is 20.3 Å². The first-order chi connectivity index (χ1) is 17.0. The second-order valence-corrected chi connectivity index (χ2v) is 10.0. The predicted octanol–water partition coefficient (Wildman–Crippen LogP) is 6.91. The van der Waals surface area contributed by atoms with Crippen LogP contribution in [0.3, 0.4) is 0 Å². The van der Waals surface area contributed by atoms with Crippen molar-refractivity contribution in [2.45, 2.75) is 55.9 Å². The lowest BCUT2D eigenvalue weighted by atomic mass is 9.63. The van der Waals surface area contributed by atoms with Gasteiger partial charge in [-0.3, -0.25) is 4.79 Å². The predicted molar refractivity (Wildman–Crippen MR) is 127 cm³/mol. The van der Waals surface area contributed by atoms with Crippen molar-refractivity contribution in [3.63, 3.8) is 0 Å². The van der Waals surface area contributed by atoms with Gasteiger partial charge in [-0.25, -0.2) is 8.78 Å². The maximum Gasteiger partial charge on any atom is 0.426 e. The Hall–Kier alpha value is -3.22. The van der Waals surface area contributed by atoms with E-state index < -0.39 is 22.8 Å². The highest BCUT2D eigenvalue weighted by Gasteiger charge is 2.55. The van der Waals surface area contributed by atoms with Crippen LogP contribution >= 0.6 is 0 Å². The minimum Gasteiger partial charge on any atom is -0.335 e. The molecule has 7 heteroatoms. The number of likely N-dealkylation sites (tertiary alicyclic amines) is 1. The number of carbonyl (C=O) groups excluding carboxylic acids is 1. The highest BCUT2D eigenvalue weighted by Crippen LogP contribution is 2.51. The summed E-state index contributed by atoms with van der Waals surface area (Å²) in [6.07, 6.45) is -2.95. The van der Waals surface area contributed by atoms with E-state index in [1.807, 2.05) is 11.0 Å². The molecule has 0 N–H and O–H groups in total. The van der Waals surface area contributed by atoms with Crippen molar-refractivity contribution in [2.75, 3.05) is 6.54 Å². The summed E-state index contributed by atoms with van der Waals surface area (Å²) < 4.78 is 68.6. The van der Waals surface area contributed by atoms with Crippen LogP contribution in [0.15, 0.2) is 72.8 Å². The van der Waals surface area contributed by atoms with Crippen LogP contribution in [0.4, 0.5) is 22.0 Å². The minimum atomic E-state index is -5.03. The molecule has 5 rings (SSSR count). The van der Waals surface area contributed by atoms with E-state index in [0.717, 1.165) is 11.1 Å². The van der Waals surface area contributed by atoms with Crippen molar-refractivity contribution < 1.29 is 26.7 Å². The summed E-state index contributed by atoms with van der Waals surface area (Å²) in [7, 11) is 0. The largest absolute Gasteiger partial charge is 0.426 e. The Morgan fingerprint density at radius 2 is 1.69 bits per heavy atom. The molecule has 1 fully saturated rings. The molecule has 1 saturated heterocycles. The SMILES string of the molecule is CC(F)(c1ccc2c(c1)CC[C@H]1N(C(=O)c3ccccc3)CC[C@@]21Cc1ccc(F)cc1)C(F)(F)F. The van der Waals surface area contributed by atoms with Crippen molar-refractivity contribution in [3.05, 3.63) is 106 Å². The standard InChI is InChI=1S/C29H26F5NO/c1-27(31,29(32,33)34)22-10-13-24-21(17-22)9-14-25-28(24,18-19-7-11-23(30)12-8-19)15-16-35(25)26(36)20-5-3-2-4-6-20/h2-8,10-13,17,25H,9,14-16,18H2,1H3/t25-,27?,28-/m1/s1. The Kier molecular flexibility index (Phi) is 5.92. The second-order valence-electron chi connectivity index (χ2n) is 10.0.